The fraction of sp³-hybridized carbons (Fsp3) is 0.421. The lowest BCUT2D eigenvalue weighted by molar-refractivity contribution is -0.140. The number of hydrogen-bond donors (Lipinski definition) is 3. The van der Waals surface area contributed by atoms with Crippen LogP contribution < -0.4 is 16.0 Å². The topological polar surface area (TPSA) is 192 Å². The molecule has 6 rings (SSSR count). The molecule has 3 aliphatic heterocycles. The minimum absolute atomic E-state index is 0.220. The number of ether oxygens (including phenoxy) is 3. The highest BCUT2D eigenvalue weighted by Gasteiger charge is 2.35. The van der Waals surface area contributed by atoms with Crippen LogP contribution in [0.4, 0.5) is 17.1 Å². The molecule has 0 radical (unpaired) electrons. The van der Waals surface area contributed by atoms with E-state index in [1.807, 2.05) is 72.8 Å². The Hall–Kier alpha value is -7.49. The standard InChI is InChI=1S/C57H72N10O6/c1-7-13-16-40(10-4)37-71-49(68)34-25-43-19-28-46(29-20-43)58-52-61-55-63-53(59-47-30-21-44(22-31-47)26-35-50(69)72-38-41(11-5)17-14-8-2)65-57-66-54(64-56(62-52)67(55)57)60-48-32-23-45(24-33-48)27-36-51(70)73-39-42(12-6)18-15-9-3/h19-36,40-42H,7-18,37-39H2,1-6H3,(H3,58,59,60,61,62,63,64,65,66)/b34-25+,35-26+,36-27+. The molecular weight excluding hydrogens is 921 g/mol. The summed E-state index contributed by atoms with van der Waals surface area (Å²) in [6.45, 7) is 14.1. The molecule has 0 aliphatic carbocycles. The lowest BCUT2D eigenvalue weighted by atomic mass is 10.0. The van der Waals surface area contributed by atoms with Crippen LogP contribution in [-0.4, -0.2) is 78.4 Å². The molecule has 0 aromatic heterocycles. The van der Waals surface area contributed by atoms with Gasteiger partial charge in [0.1, 0.15) is 0 Å². The van der Waals surface area contributed by atoms with Crippen LogP contribution in [0.25, 0.3) is 18.2 Å². The first-order valence-electron chi connectivity index (χ1n) is 26.1. The number of anilines is 3. The normalized spacial score (nSPS) is 15.3. The predicted octanol–water partition coefficient (Wildman–Crippen LogP) is 12.1. The van der Waals surface area contributed by atoms with E-state index in [9.17, 15) is 14.4 Å². The second kappa shape index (κ2) is 29.1. The van der Waals surface area contributed by atoms with Gasteiger partial charge in [-0.1, -0.05) is 136 Å². The summed E-state index contributed by atoms with van der Waals surface area (Å²) < 4.78 is 16.6. The second-order valence-electron chi connectivity index (χ2n) is 18.3. The number of hydrogen-bond acceptors (Lipinski definition) is 16. The molecule has 3 unspecified atom stereocenters. The zero-order valence-corrected chi connectivity index (χ0v) is 43.3. The lowest BCUT2D eigenvalue weighted by Gasteiger charge is -2.30. The first-order chi connectivity index (χ1) is 35.6. The molecule has 0 saturated heterocycles. The van der Waals surface area contributed by atoms with E-state index in [1.165, 1.54) is 18.2 Å². The van der Waals surface area contributed by atoms with E-state index in [1.54, 1.807) is 23.1 Å². The van der Waals surface area contributed by atoms with Crippen molar-refractivity contribution in [1.29, 1.82) is 0 Å². The molecule has 3 atom stereocenters. The molecule has 3 aliphatic rings. The minimum atomic E-state index is -0.368. The Morgan fingerprint density at radius 1 is 0.438 bits per heavy atom. The summed E-state index contributed by atoms with van der Waals surface area (Å²) in [5.74, 6) is 1.33. The van der Waals surface area contributed by atoms with Gasteiger partial charge in [-0.3, -0.25) is 0 Å². The van der Waals surface area contributed by atoms with Gasteiger partial charge in [0, 0.05) is 35.3 Å². The number of nitrogens with zero attached hydrogens (tertiary/aromatic N) is 7. The van der Waals surface area contributed by atoms with Crippen molar-refractivity contribution < 1.29 is 28.6 Å². The van der Waals surface area contributed by atoms with Gasteiger partial charge in [-0.2, -0.15) is 30.0 Å². The van der Waals surface area contributed by atoms with Gasteiger partial charge >= 0.3 is 17.9 Å². The zero-order chi connectivity index (χ0) is 51.8. The lowest BCUT2D eigenvalue weighted by Crippen LogP contribution is -2.49. The zero-order valence-electron chi connectivity index (χ0n) is 43.3. The molecule has 16 nitrogen and oxygen atoms in total. The number of benzene rings is 3. The summed E-state index contributed by atoms with van der Waals surface area (Å²) in [7, 11) is 0. The van der Waals surface area contributed by atoms with Gasteiger partial charge in [0.15, 0.2) is 0 Å². The monoisotopic (exact) mass is 993 g/mol. The van der Waals surface area contributed by atoms with E-state index in [-0.39, 0.29) is 53.7 Å². The Morgan fingerprint density at radius 3 is 0.959 bits per heavy atom. The molecule has 3 aromatic rings. The number of carbonyl (C=O) groups excluding carboxylic acids is 3. The number of esters is 3. The average Bonchev–Trinajstić information content (AvgIpc) is 3.40. The summed E-state index contributed by atoms with van der Waals surface area (Å²) in [6, 6.07) is 22.4. The highest BCUT2D eigenvalue weighted by atomic mass is 16.5. The summed E-state index contributed by atoms with van der Waals surface area (Å²) in [5, 5.41) is 9.80. The van der Waals surface area contributed by atoms with Crippen LogP contribution in [-0.2, 0) is 28.6 Å². The first kappa shape index (κ1) is 54.8. The third kappa shape index (κ3) is 17.9. The molecule has 3 heterocycles. The van der Waals surface area contributed by atoms with Crippen LogP contribution in [0.3, 0.4) is 0 Å². The number of rotatable bonds is 27. The van der Waals surface area contributed by atoms with Gasteiger partial charge in [-0.25, -0.2) is 19.3 Å². The van der Waals surface area contributed by atoms with Crippen molar-refractivity contribution in [1.82, 2.24) is 4.90 Å². The van der Waals surface area contributed by atoms with Crippen molar-refractivity contribution in [2.24, 2.45) is 47.7 Å². The van der Waals surface area contributed by atoms with Gasteiger partial charge in [0.2, 0.25) is 35.8 Å². The van der Waals surface area contributed by atoms with Crippen LogP contribution in [0.2, 0.25) is 0 Å². The molecule has 3 aromatic carbocycles. The third-order valence-electron chi connectivity index (χ3n) is 12.6. The van der Waals surface area contributed by atoms with Crippen LogP contribution in [0.1, 0.15) is 135 Å². The average molecular weight is 993 g/mol. The molecular formula is C57H72N10O6. The summed E-state index contributed by atoms with van der Waals surface area (Å²) in [6.07, 6.45) is 22.3. The van der Waals surface area contributed by atoms with Crippen LogP contribution in [0.5, 0.6) is 0 Å². The van der Waals surface area contributed by atoms with E-state index in [2.05, 4.69) is 57.5 Å². The van der Waals surface area contributed by atoms with Gasteiger partial charge in [0.05, 0.1) is 19.8 Å². The van der Waals surface area contributed by atoms with Gasteiger partial charge in [0.25, 0.3) is 0 Å². The van der Waals surface area contributed by atoms with Gasteiger partial charge in [-0.15, -0.1) is 0 Å². The molecule has 0 saturated carbocycles. The van der Waals surface area contributed by atoms with E-state index in [0.29, 0.717) is 54.6 Å². The van der Waals surface area contributed by atoms with E-state index < -0.39 is 0 Å². The van der Waals surface area contributed by atoms with E-state index >= 15 is 0 Å². The Labute approximate surface area is 430 Å². The quantitative estimate of drug-likeness (QED) is 0.0376. The van der Waals surface area contributed by atoms with Crippen molar-refractivity contribution in [2.45, 2.75) is 119 Å². The van der Waals surface area contributed by atoms with Crippen molar-refractivity contribution in [2.75, 3.05) is 35.8 Å². The molecule has 73 heavy (non-hydrogen) atoms. The molecule has 0 amide bonds. The van der Waals surface area contributed by atoms with Gasteiger partial charge < -0.3 is 30.2 Å². The molecule has 0 fully saturated rings. The third-order valence-corrected chi connectivity index (χ3v) is 12.6. The Bertz CT molecular complexity index is 2310. The molecule has 3 N–H and O–H groups in total. The maximum absolute atomic E-state index is 12.5. The summed E-state index contributed by atoms with van der Waals surface area (Å²) in [5.41, 5.74) is 4.51. The largest absolute Gasteiger partial charge is 0.462 e. The van der Waals surface area contributed by atoms with Crippen molar-refractivity contribution >= 4 is 89.0 Å². The number of guanidine groups is 6. The first-order valence-corrected chi connectivity index (χ1v) is 26.1. The maximum Gasteiger partial charge on any atom is 0.330 e. The smallest absolute Gasteiger partial charge is 0.330 e. The summed E-state index contributed by atoms with van der Waals surface area (Å²) in [4.78, 5) is 67.5. The number of unbranched alkanes of at least 4 members (excludes halogenated alkanes) is 3. The minimum Gasteiger partial charge on any atom is -0.462 e. The van der Waals surface area contributed by atoms with Crippen LogP contribution in [0, 0.1) is 17.8 Å². The van der Waals surface area contributed by atoms with Crippen LogP contribution >= 0.6 is 0 Å². The highest BCUT2D eigenvalue weighted by Crippen LogP contribution is 2.23. The second-order valence-corrected chi connectivity index (χ2v) is 18.3. The predicted molar refractivity (Wildman–Crippen MR) is 297 cm³/mol. The molecule has 16 heteroatoms. The van der Waals surface area contributed by atoms with E-state index in [0.717, 1.165) is 93.7 Å². The molecule has 386 valence electrons. The van der Waals surface area contributed by atoms with Gasteiger partial charge in [-0.05, 0) is 108 Å². The van der Waals surface area contributed by atoms with Crippen molar-refractivity contribution in [3.8, 4) is 0 Å². The number of nitrogens with one attached hydrogen (secondary N) is 3. The van der Waals surface area contributed by atoms with Crippen LogP contribution in [0.15, 0.2) is 121 Å². The van der Waals surface area contributed by atoms with E-state index in [4.69, 9.17) is 44.2 Å². The van der Waals surface area contributed by atoms with Crippen molar-refractivity contribution in [3.05, 3.63) is 108 Å². The van der Waals surface area contributed by atoms with Crippen molar-refractivity contribution in [3.63, 3.8) is 0 Å². The maximum atomic E-state index is 12.5. The molecule has 0 bridgehead atoms. The fourth-order valence-corrected chi connectivity index (χ4v) is 7.81. The Kier molecular flexibility index (Phi) is 21.9. The Balaban J connectivity index is 1.16. The SMILES string of the molecule is CCCCC(CC)COC(=O)/C=C/c1ccc(NC2=NC3=NC(Nc4ccc(/C=C/C(=O)OCC(CC)CCCC)cc4)=NC4=NC(Nc5ccc(/C=C/C(=O)OCC(CC)CCCC)cc5)=NC(=N2)N34)cc1. The fourth-order valence-electron chi connectivity index (χ4n) is 7.81. The summed E-state index contributed by atoms with van der Waals surface area (Å²) >= 11 is 0. The highest BCUT2D eigenvalue weighted by molar-refractivity contribution is 6.32. The number of carbonyl (C=O) groups is 3. The molecule has 0 spiro atoms. The number of aliphatic imine (C=N–C) groups is 6. The Morgan fingerprint density at radius 2 is 0.712 bits per heavy atom.